The van der Waals surface area contributed by atoms with E-state index in [1.807, 2.05) is 20.8 Å². The number of benzene rings is 1. The van der Waals surface area contributed by atoms with Gasteiger partial charge in [-0.2, -0.15) is 13.2 Å². The van der Waals surface area contributed by atoms with Crippen LogP contribution in [0.25, 0.3) is 0 Å². The quantitative estimate of drug-likeness (QED) is 0.559. The maximum absolute atomic E-state index is 13.2. The summed E-state index contributed by atoms with van der Waals surface area (Å²) in [6.45, 7) is 11.1. The Kier molecular flexibility index (Phi) is 4.29. The average molecular weight is 282 g/mol. The highest BCUT2D eigenvalue weighted by molar-refractivity contribution is 5.45. The van der Waals surface area contributed by atoms with Crippen molar-refractivity contribution in [1.82, 2.24) is 0 Å². The number of alkyl halides is 3. The van der Waals surface area contributed by atoms with Crippen LogP contribution in [0, 0.1) is 17.3 Å². The summed E-state index contributed by atoms with van der Waals surface area (Å²) in [6, 6.07) is 4.35. The second-order valence-electron chi connectivity index (χ2n) is 7.01. The summed E-state index contributed by atoms with van der Waals surface area (Å²) in [7, 11) is 0. The van der Waals surface area contributed by atoms with Crippen LogP contribution in [0.1, 0.15) is 58.2 Å². The average Bonchev–Trinajstić information content (AvgIpc) is 2.22. The van der Waals surface area contributed by atoms with Crippen LogP contribution in [-0.2, 0) is 11.6 Å². The van der Waals surface area contributed by atoms with Crippen LogP contribution < -0.4 is 0 Å². The fourth-order valence-electron chi connectivity index (χ4n) is 1.77. The topological polar surface area (TPSA) is 0 Å². The van der Waals surface area contributed by atoms with Gasteiger partial charge in [0.05, 0.1) is 5.56 Å². The molecule has 0 unspecified atom stereocenters. The van der Waals surface area contributed by atoms with Gasteiger partial charge in [0.25, 0.3) is 0 Å². The zero-order chi connectivity index (χ0) is 15.8. The van der Waals surface area contributed by atoms with Crippen LogP contribution >= 0.6 is 0 Å². The third-order valence-electron chi connectivity index (χ3n) is 2.71. The molecule has 0 N–H and O–H groups in total. The fraction of sp³-hybridized carbons (Fsp3) is 0.529. The molecule has 0 saturated heterocycles. The number of hydrogen-bond acceptors (Lipinski definition) is 0. The lowest BCUT2D eigenvalue weighted by Crippen LogP contribution is -2.19. The van der Waals surface area contributed by atoms with Crippen molar-refractivity contribution in [3.05, 3.63) is 34.9 Å². The maximum Gasteiger partial charge on any atom is 0.416 e. The van der Waals surface area contributed by atoms with Crippen LogP contribution in [0.3, 0.4) is 0 Å². The molecule has 0 nitrogen and oxygen atoms in total. The minimum Gasteiger partial charge on any atom is -0.166 e. The van der Waals surface area contributed by atoms with Crippen molar-refractivity contribution in [2.75, 3.05) is 0 Å². The first-order valence-electron chi connectivity index (χ1n) is 6.55. The number of halogens is 3. The molecule has 1 aromatic rings. The van der Waals surface area contributed by atoms with Crippen LogP contribution in [0.5, 0.6) is 0 Å². The van der Waals surface area contributed by atoms with Gasteiger partial charge in [-0.1, -0.05) is 38.7 Å². The first kappa shape index (κ1) is 16.6. The molecule has 0 atom stereocenters. The molecule has 0 aliphatic carbocycles. The Morgan fingerprint density at radius 1 is 0.850 bits per heavy atom. The molecule has 0 radical (unpaired) electrons. The Balaban J connectivity index is 3.40. The third-order valence-corrected chi connectivity index (χ3v) is 2.71. The van der Waals surface area contributed by atoms with Gasteiger partial charge in [-0.25, -0.2) is 0 Å². The molecule has 3 heteroatoms. The van der Waals surface area contributed by atoms with Gasteiger partial charge in [-0.05, 0) is 43.9 Å². The summed E-state index contributed by atoms with van der Waals surface area (Å²) >= 11 is 0. The molecule has 0 amide bonds. The van der Waals surface area contributed by atoms with Crippen LogP contribution in [-0.4, -0.2) is 0 Å². The highest BCUT2D eigenvalue weighted by atomic mass is 19.4. The molecule has 0 aliphatic rings. The summed E-state index contributed by atoms with van der Waals surface area (Å²) in [5, 5.41) is 0. The lowest BCUT2D eigenvalue weighted by molar-refractivity contribution is -0.138. The van der Waals surface area contributed by atoms with Crippen LogP contribution in [0.4, 0.5) is 13.2 Å². The van der Waals surface area contributed by atoms with Crippen molar-refractivity contribution in [1.29, 1.82) is 0 Å². The minimum absolute atomic E-state index is 0.235. The van der Waals surface area contributed by atoms with Gasteiger partial charge in [0, 0.05) is 11.0 Å². The predicted octanol–water partition coefficient (Wildman–Crippen LogP) is 5.40. The third kappa shape index (κ3) is 4.59. The Morgan fingerprint density at radius 3 is 1.80 bits per heavy atom. The predicted molar refractivity (Wildman–Crippen MR) is 76.5 cm³/mol. The van der Waals surface area contributed by atoms with Crippen LogP contribution in [0.2, 0.25) is 0 Å². The van der Waals surface area contributed by atoms with Gasteiger partial charge in [-0.15, -0.1) is 0 Å². The second-order valence-corrected chi connectivity index (χ2v) is 7.01. The van der Waals surface area contributed by atoms with E-state index in [0.717, 1.165) is 6.07 Å². The molecule has 0 bridgehead atoms. The van der Waals surface area contributed by atoms with Crippen molar-refractivity contribution < 1.29 is 13.2 Å². The van der Waals surface area contributed by atoms with E-state index in [1.165, 1.54) is 6.07 Å². The molecule has 0 fully saturated rings. The highest BCUT2D eigenvalue weighted by Crippen LogP contribution is 2.37. The Bertz CT molecular complexity index is 541. The fourth-order valence-corrected chi connectivity index (χ4v) is 1.77. The smallest absolute Gasteiger partial charge is 0.166 e. The van der Waals surface area contributed by atoms with Gasteiger partial charge < -0.3 is 0 Å². The van der Waals surface area contributed by atoms with E-state index in [2.05, 4.69) is 11.8 Å². The molecular weight excluding hydrogens is 261 g/mol. The van der Waals surface area contributed by atoms with Crippen molar-refractivity contribution >= 4 is 0 Å². The molecule has 1 aromatic carbocycles. The Hall–Kier alpha value is -1.43. The Labute approximate surface area is 119 Å². The van der Waals surface area contributed by atoms with Gasteiger partial charge >= 0.3 is 6.18 Å². The molecule has 110 valence electrons. The summed E-state index contributed by atoms with van der Waals surface area (Å²) in [4.78, 5) is 0. The standard InChI is InChI=1S/C17H21F3/c1-15(2,3)10-9-12-7-8-13(16(4,5)6)14(11-12)17(18,19)20/h7-8,11H,1-6H3. The van der Waals surface area contributed by atoms with Crippen molar-refractivity contribution in [3.8, 4) is 11.8 Å². The van der Waals surface area contributed by atoms with E-state index in [1.54, 1.807) is 26.8 Å². The normalized spacial score (nSPS) is 12.8. The SMILES string of the molecule is CC(C)(C)C#Cc1ccc(C(C)(C)C)c(C(F)(F)F)c1. The molecule has 0 aliphatic heterocycles. The minimum atomic E-state index is -4.36. The van der Waals surface area contributed by atoms with E-state index in [4.69, 9.17) is 0 Å². The van der Waals surface area contributed by atoms with Crippen LogP contribution in [0.15, 0.2) is 18.2 Å². The molecular formula is C17H21F3. The van der Waals surface area contributed by atoms with E-state index < -0.39 is 17.2 Å². The van der Waals surface area contributed by atoms with E-state index >= 15 is 0 Å². The highest BCUT2D eigenvalue weighted by Gasteiger charge is 2.36. The molecule has 20 heavy (non-hydrogen) atoms. The molecule has 0 aromatic heterocycles. The van der Waals surface area contributed by atoms with Crippen molar-refractivity contribution in [2.24, 2.45) is 5.41 Å². The molecule has 0 spiro atoms. The monoisotopic (exact) mass is 282 g/mol. The first-order chi connectivity index (χ1) is 8.81. The first-order valence-corrected chi connectivity index (χ1v) is 6.55. The van der Waals surface area contributed by atoms with Gasteiger partial charge in [0.15, 0.2) is 0 Å². The summed E-state index contributed by atoms with van der Waals surface area (Å²) in [5.41, 5.74) is -0.681. The van der Waals surface area contributed by atoms with Gasteiger partial charge in [0.2, 0.25) is 0 Å². The summed E-state index contributed by atoms with van der Waals surface area (Å²) < 4.78 is 39.6. The summed E-state index contributed by atoms with van der Waals surface area (Å²) in [6.07, 6.45) is -4.36. The molecule has 0 heterocycles. The van der Waals surface area contributed by atoms with E-state index in [9.17, 15) is 13.2 Å². The second kappa shape index (κ2) is 5.16. The van der Waals surface area contributed by atoms with E-state index in [0.29, 0.717) is 11.1 Å². The maximum atomic E-state index is 13.2. The zero-order valence-corrected chi connectivity index (χ0v) is 12.9. The van der Waals surface area contributed by atoms with Crippen molar-refractivity contribution in [3.63, 3.8) is 0 Å². The molecule has 1 rings (SSSR count). The largest absolute Gasteiger partial charge is 0.416 e. The lowest BCUT2D eigenvalue weighted by Gasteiger charge is -2.24. The van der Waals surface area contributed by atoms with Gasteiger partial charge in [0.1, 0.15) is 0 Å². The summed E-state index contributed by atoms with van der Waals surface area (Å²) in [5.74, 6) is 5.78. The van der Waals surface area contributed by atoms with Gasteiger partial charge in [-0.3, -0.25) is 0 Å². The van der Waals surface area contributed by atoms with Crippen molar-refractivity contribution in [2.45, 2.75) is 53.1 Å². The number of hydrogen-bond donors (Lipinski definition) is 0. The van der Waals surface area contributed by atoms with E-state index in [-0.39, 0.29) is 5.41 Å². The number of rotatable bonds is 0. The lowest BCUT2D eigenvalue weighted by atomic mass is 9.83. The zero-order valence-electron chi connectivity index (χ0n) is 12.9. The Morgan fingerprint density at radius 2 is 1.40 bits per heavy atom. The molecule has 0 saturated carbocycles.